The second-order valence-electron chi connectivity index (χ2n) is 0. The van der Waals surface area contributed by atoms with E-state index in [9.17, 15) is 0 Å². The molecule has 50 valence electrons. The van der Waals surface area contributed by atoms with Crippen LogP contribution in [0, 0.1) is 0 Å². The molecule has 0 bridgehead atoms. The van der Waals surface area contributed by atoms with Crippen molar-refractivity contribution in [3.63, 3.8) is 0 Å². The maximum absolute atomic E-state index is 2.00. The van der Waals surface area contributed by atoms with Crippen LogP contribution in [0.3, 0.4) is 0 Å². The minimum atomic E-state index is 0. The molecule has 0 aliphatic rings. The van der Waals surface area contributed by atoms with Crippen LogP contribution < -0.4 is 0 Å². The van der Waals surface area contributed by atoms with E-state index in [1.807, 2.05) is 27.7 Å². The van der Waals surface area contributed by atoms with Crippen LogP contribution in [-0.4, -0.2) is 0 Å². The van der Waals surface area contributed by atoms with Gasteiger partial charge in [0.15, 0.2) is 0 Å². The van der Waals surface area contributed by atoms with E-state index in [1.54, 1.807) is 0 Å². The van der Waals surface area contributed by atoms with E-state index in [0.29, 0.717) is 0 Å². The third kappa shape index (κ3) is 149. The quantitative estimate of drug-likeness (QED) is 0.603. The van der Waals surface area contributed by atoms with Gasteiger partial charge in [0, 0.05) is 21.1 Å². The molecular formula is C5H19PW. The van der Waals surface area contributed by atoms with Gasteiger partial charge in [0.1, 0.15) is 0 Å². The summed E-state index contributed by atoms with van der Waals surface area (Å²) >= 11 is 0. The van der Waals surface area contributed by atoms with Crippen molar-refractivity contribution in [2.24, 2.45) is 0 Å². The monoisotopic (exact) mass is 294 g/mol. The summed E-state index contributed by atoms with van der Waals surface area (Å²) in [6.07, 6.45) is 0. The summed E-state index contributed by atoms with van der Waals surface area (Å²) in [5.41, 5.74) is 0. The second kappa shape index (κ2) is 213. The van der Waals surface area contributed by atoms with Crippen molar-refractivity contribution in [3.8, 4) is 0 Å². The Bertz CT molecular complexity index is 8.04. The van der Waals surface area contributed by atoms with E-state index in [-0.39, 0.29) is 38.4 Å². The Morgan fingerprint density at radius 2 is 0.714 bits per heavy atom. The molecule has 0 fully saturated rings. The molecule has 0 aliphatic heterocycles. The smallest absolute Gasteiger partial charge is 0 e. The van der Waals surface area contributed by atoms with E-state index in [2.05, 4.69) is 0 Å². The summed E-state index contributed by atoms with van der Waals surface area (Å²) in [6, 6.07) is 0. The van der Waals surface area contributed by atoms with Gasteiger partial charge in [0.25, 0.3) is 0 Å². The Kier molecular flexibility index (Phi) is 1290. The average molecular weight is 294 g/mol. The number of rotatable bonds is 0. The van der Waals surface area contributed by atoms with Crippen LogP contribution in [0.2, 0.25) is 0 Å². The fourth-order valence-electron chi connectivity index (χ4n) is 0. The topological polar surface area (TPSA) is 0 Å². The largest absolute Gasteiger partial charge is 0.153 e. The molecule has 0 saturated heterocycles. The van der Waals surface area contributed by atoms with Crippen LogP contribution in [0.1, 0.15) is 35.1 Å². The molecule has 0 aromatic rings. The zero-order valence-corrected chi connectivity index (χ0v) is 9.46. The first kappa shape index (κ1) is 42.3. The summed E-state index contributed by atoms with van der Waals surface area (Å²) in [5.74, 6) is 0. The summed E-state index contributed by atoms with van der Waals surface area (Å²) < 4.78 is 0. The van der Waals surface area contributed by atoms with Crippen molar-refractivity contribution in [2.45, 2.75) is 35.1 Å². The Labute approximate surface area is 66.3 Å². The Balaban J connectivity index is -0.00000000267. The minimum absolute atomic E-state index is 0. The molecular weight excluding hydrogens is 275 g/mol. The summed E-state index contributed by atoms with van der Waals surface area (Å²) in [7, 11) is 0. The zero-order chi connectivity index (χ0) is 4.00. The predicted octanol–water partition coefficient (Wildman–Crippen LogP) is 2.74. The third-order valence-corrected chi connectivity index (χ3v) is 0. The van der Waals surface area contributed by atoms with Crippen molar-refractivity contribution in [2.75, 3.05) is 0 Å². The molecule has 1 unspecified atom stereocenters. The van der Waals surface area contributed by atoms with E-state index in [4.69, 9.17) is 0 Å². The zero-order valence-electron chi connectivity index (χ0n) is 5.12. The summed E-state index contributed by atoms with van der Waals surface area (Å²) in [4.78, 5) is 0. The van der Waals surface area contributed by atoms with Crippen molar-refractivity contribution in [1.29, 1.82) is 0 Å². The van der Waals surface area contributed by atoms with E-state index in [0.717, 1.165) is 0 Å². The molecule has 0 aliphatic carbocycles. The molecule has 0 radical (unpaired) electrons. The van der Waals surface area contributed by atoms with Crippen molar-refractivity contribution < 1.29 is 21.1 Å². The van der Waals surface area contributed by atoms with Crippen LogP contribution in [0.4, 0.5) is 0 Å². The van der Waals surface area contributed by atoms with Gasteiger partial charge in [-0.1, -0.05) is 35.1 Å². The third-order valence-electron chi connectivity index (χ3n) is 0. The van der Waals surface area contributed by atoms with Crippen LogP contribution in [0.25, 0.3) is 0 Å². The predicted molar refractivity (Wildman–Crippen MR) is 40.5 cm³/mol. The first-order valence-electron chi connectivity index (χ1n) is 2.00. The maximum Gasteiger partial charge on any atom is 0 e. The molecule has 7 heavy (non-hydrogen) atoms. The van der Waals surface area contributed by atoms with Crippen molar-refractivity contribution >= 4 is 9.90 Å². The SMILES string of the molecule is C.CC.CC.P.[W]. The van der Waals surface area contributed by atoms with Gasteiger partial charge in [-0.25, -0.2) is 0 Å². The maximum atomic E-state index is 2.00. The normalized spacial score (nSPS) is 1.71. The Morgan fingerprint density at radius 1 is 0.714 bits per heavy atom. The van der Waals surface area contributed by atoms with Crippen LogP contribution in [-0.2, 0) is 21.1 Å². The van der Waals surface area contributed by atoms with Gasteiger partial charge in [-0.3, -0.25) is 0 Å². The Morgan fingerprint density at radius 3 is 0.714 bits per heavy atom. The van der Waals surface area contributed by atoms with Crippen LogP contribution in [0.15, 0.2) is 0 Å². The van der Waals surface area contributed by atoms with E-state index < -0.39 is 0 Å². The van der Waals surface area contributed by atoms with Gasteiger partial charge in [0.2, 0.25) is 0 Å². The second-order valence-corrected chi connectivity index (χ2v) is 0. The molecule has 1 atom stereocenters. The molecule has 0 nitrogen and oxygen atoms in total. The van der Waals surface area contributed by atoms with Crippen LogP contribution >= 0.6 is 9.90 Å². The number of hydrogen-bond acceptors (Lipinski definition) is 0. The standard InChI is InChI=1S/2C2H6.CH4.H3P.W/c2*1-2;;;/h2*1-2H3;1H4;1H3;. The molecule has 0 spiro atoms. The molecule has 0 saturated carbocycles. The van der Waals surface area contributed by atoms with Gasteiger partial charge in [-0.15, -0.1) is 0 Å². The van der Waals surface area contributed by atoms with Gasteiger partial charge in [-0.05, 0) is 0 Å². The molecule has 0 heterocycles. The molecule has 0 aromatic carbocycles. The first-order valence-corrected chi connectivity index (χ1v) is 2.00. The molecule has 0 N–H and O–H groups in total. The van der Waals surface area contributed by atoms with Crippen molar-refractivity contribution in [1.82, 2.24) is 0 Å². The van der Waals surface area contributed by atoms with Gasteiger partial charge in [-0.2, -0.15) is 9.90 Å². The fourth-order valence-corrected chi connectivity index (χ4v) is 0. The summed E-state index contributed by atoms with van der Waals surface area (Å²) in [5, 5.41) is 0. The Hall–Kier alpha value is 1.12. The van der Waals surface area contributed by atoms with Gasteiger partial charge < -0.3 is 0 Å². The average Bonchev–Trinajstić information content (AvgIpc) is 1.50. The number of hydrogen-bond donors (Lipinski definition) is 0. The van der Waals surface area contributed by atoms with Gasteiger partial charge in [0.05, 0.1) is 0 Å². The summed E-state index contributed by atoms with van der Waals surface area (Å²) in [6.45, 7) is 8.00. The molecule has 2 heteroatoms. The van der Waals surface area contributed by atoms with Crippen molar-refractivity contribution in [3.05, 3.63) is 0 Å². The molecule has 0 aromatic heterocycles. The first-order chi connectivity index (χ1) is 2.00. The van der Waals surface area contributed by atoms with Crippen LogP contribution in [0.5, 0.6) is 0 Å². The molecule has 0 amide bonds. The molecule has 0 rings (SSSR count). The minimum Gasteiger partial charge on any atom is -0.153 e. The van der Waals surface area contributed by atoms with E-state index >= 15 is 0 Å². The van der Waals surface area contributed by atoms with Gasteiger partial charge >= 0.3 is 0 Å². The fraction of sp³-hybridized carbons (Fsp3) is 1.00. The van der Waals surface area contributed by atoms with E-state index in [1.165, 1.54) is 0 Å².